The molecule has 1 aliphatic rings. The second-order valence-electron chi connectivity index (χ2n) is 7.09. The molecule has 0 aliphatic heterocycles. The van der Waals surface area contributed by atoms with Crippen molar-refractivity contribution in [1.82, 2.24) is 15.0 Å². The molecule has 0 unspecified atom stereocenters. The van der Waals surface area contributed by atoms with Crippen LogP contribution in [0.4, 0.5) is 5.82 Å². The minimum Gasteiger partial charge on any atom is -0.396 e. The highest BCUT2D eigenvalue weighted by molar-refractivity contribution is 7.15. The number of fused-ring (bicyclic) bond motifs is 1. The second-order valence-corrected chi connectivity index (χ2v) is 8.33. The number of aliphatic hydroxyl groups is 1. The fraction of sp³-hybridized carbons (Fsp3) is 0.400. The van der Waals surface area contributed by atoms with E-state index in [1.165, 1.54) is 0 Å². The van der Waals surface area contributed by atoms with Gasteiger partial charge in [0.25, 0.3) is 0 Å². The summed E-state index contributed by atoms with van der Waals surface area (Å²) >= 11 is 1.61. The molecule has 7 heteroatoms. The van der Waals surface area contributed by atoms with Gasteiger partial charge in [-0.1, -0.05) is 0 Å². The van der Waals surface area contributed by atoms with Crippen LogP contribution < -0.4 is 5.32 Å². The number of aliphatic hydroxyl groups excluding tert-OH is 1. The van der Waals surface area contributed by atoms with Crippen molar-refractivity contribution >= 4 is 34.0 Å². The Balaban J connectivity index is 1.51. The number of nitrogens with one attached hydrogen (secondary N) is 1. The molecule has 3 heterocycles. The van der Waals surface area contributed by atoms with Crippen LogP contribution in [0.25, 0.3) is 21.5 Å². The molecule has 1 amide bonds. The predicted octanol–water partition coefficient (Wildman–Crippen LogP) is 3.80. The van der Waals surface area contributed by atoms with E-state index < -0.39 is 0 Å². The maximum absolute atomic E-state index is 12.5. The summed E-state index contributed by atoms with van der Waals surface area (Å²) in [5, 5.41) is 14.1. The van der Waals surface area contributed by atoms with E-state index in [0.29, 0.717) is 11.7 Å². The summed E-state index contributed by atoms with van der Waals surface area (Å²) in [6, 6.07) is 5.78. The Morgan fingerprint density at radius 3 is 2.74 bits per heavy atom. The molecule has 0 spiro atoms. The van der Waals surface area contributed by atoms with Gasteiger partial charge in [0.2, 0.25) is 5.91 Å². The highest BCUT2D eigenvalue weighted by Gasteiger charge is 2.26. The minimum atomic E-state index is -0.00948. The summed E-state index contributed by atoms with van der Waals surface area (Å²) in [5.41, 5.74) is 1.67. The number of aromatic nitrogens is 3. The van der Waals surface area contributed by atoms with Gasteiger partial charge in [-0.25, -0.2) is 15.0 Å². The Morgan fingerprint density at radius 1 is 1.22 bits per heavy atom. The maximum Gasteiger partial charge on any atom is 0.228 e. The number of anilines is 1. The van der Waals surface area contributed by atoms with E-state index in [9.17, 15) is 9.90 Å². The molecule has 0 bridgehead atoms. The zero-order valence-corrected chi connectivity index (χ0v) is 16.0. The SMILES string of the molecule is Cc1ncc(-c2ccc3cnc(NC(=O)[C@H]4CC[C@H](CO)CC4)cc3n2)s1. The molecule has 1 fully saturated rings. The van der Waals surface area contributed by atoms with Crippen molar-refractivity contribution < 1.29 is 9.90 Å². The van der Waals surface area contributed by atoms with Crippen molar-refractivity contribution in [3.05, 3.63) is 35.6 Å². The van der Waals surface area contributed by atoms with Crippen LogP contribution in [0.3, 0.4) is 0 Å². The number of pyridine rings is 2. The Morgan fingerprint density at radius 2 is 2.04 bits per heavy atom. The van der Waals surface area contributed by atoms with Crippen LogP contribution in [0.1, 0.15) is 30.7 Å². The normalized spacial score (nSPS) is 19.9. The van der Waals surface area contributed by atoms with Crippen LogP contribution in [0.5, 0.6) is 0 Å². The van der Waals surface area contributed by atoms with E-state index in [-0.39, 0.29) is 18.4 Å². The molecule has 2 N–H and O–H groups in total. The van der Waals surface area contributed by atoms with Crippen LogP contribution >= 0.6 is 11.3 Å². The van der Waals surface area contributed by atoms with Crippen molar-refractivity contribution in [3.63, 3.8) is 0 Å². The summed E-state index contributed by atoms with van der Waals surface area (Å²) < 4.78 is 0. The highest BCUT2D eigenvalue weighted by Crippen LogP contribution is 2.30. The smallest absolute Gasteiger partial charge is 0.228 e. The van der Waals surface area contributed by atoms with Crippen molar-refractivity contribution in [3.8, 4) is 10.6 Å². The third kappa shape index (κ3) is 3.99. The summed E-state index contributed by atoms with van der Waals surface area (Å²) in [6.07, 6.45) is 7.01. The van der Waals surface area contributed by atoms with Gasteiger partial charge < -0.3 is 10.4 Å². The van der Waals surface area contributed by atoms with Gasteiger partial charge in [0, 0.05) is 36.4 Å². The number of carbonyl (C=O) groups is 1. The first-order chi connectivity index (χ1) is 13.1. The van der Waals surface area contributed by atoms with Gasteiger partial charge in [-0.05, 0) is 50.7 Å². The molecular formula is C20H22N4O2S. The van der Waals surface area contributed by atoms with Crippen LogP contribution in [-0.2, 0) is 4.79 Å². The average Bonchev–Trinajstić information content (AvgIpc) is 3.14. The molecule has 0 saturated heterocycles. The van der Waals surface area contributed by atoms with Gasteiger partial charge in [-0.15, -0.1) is 11.3 Å². The largest absolute Gasteiger partial charge is 0.396 e. The molecule has 3 aromatic rings. The quantitative estimate of drug-likeness (QED) is 0.717. The van der Waals surface area contributed by atoms with Crippen LogP contribution in [-0.4, -0.2) is 32.6 Å². The number of nitrogens with zero attached hydrogens (tertiary/aromatic N) is 3. The standard InChI is InChI=1S/C20H22N4O2S/c1-12-21-10-18(27-12)16-7-6-15-9-22-19(8-17(15)23-16)24-20(26)14-4-2-13(11-25)3-5-14/h6-10,13-14,25H,2-5,11H2,1H3,(H,22,24,26)/t13-,14-. The molecule has 140 valence electrons. The van der Waals surface area contributed by atoms with Gasteiger partial charge in [0.05, 0.1) is 21.1 Å². The number of aryl methyl sites for hydroxylation is 1. The fourth-order valence-corrected chi connectivity index (χ4v) is 4.28. The van der Waals surface area contributed by atoms with Crippen molar-refractivity contribution in [1.29, 1.82) is 0 Å². The van der Waals surface area contributed by atoms with E-state index in [2.05, 4.69) is 15.3 Å². The van der Waals surface area contributed by atoms with Gasteiger partial charge in [0.1, 0.15) is 5.82 Å². The summed E-state index contributed by atoms with van der Waals surface area (Å²) in [5.74, 6) is 0.866. The Labute approximate surface area is 161 Å². The fourth-order valence-electron chi connectivity index (χ4n) is 3.54. The molecular weight excluding hydrogens is 360 g/mol. The lowest BCUT2D eigenvalue weighted by atomic mass is 9.82. The summed E-state index contributed by atoms with van der Waals surface area (Å²) in [7, 11) is 0. The third-order valence-corrected chi connectivity index (χ3v) is 6.11. The molecule has 27 heavy (non-hydrogen) atoms. The maximum atomic E-state index is 12.5. The average molecular weight is 382 g/mol. The Kier molecular flexibility index (Phi) is 5.13. The number of hydrogen-bond acceptors (Lipinski definition) is 6. The lowest BCUT2D eigenvalue weighted by Crippen LogP contribution is -2.28. The first kappa shape index (κ1) is 18.0. The lowest BCUT2D eigenvalue weighted by Gasteiger charge is -2.26. The molecule has 6 nitrogen and oxygen atoms in total. The third-order valence-electron chi connectivity index (χ3n) is 5.17. The second kappa shape index (κ2) is 7.70. The van der Waals surface area contributed by atoms with E-state index in [1.807, 2.05) is 31.3 Å². The molecule has 0 atom stereocenters. The number of carbonyl (C=O) groups excluding carboxylic acids is 1. The monoisotopic (exact) mass is 382 g/mol. The molecule has 3 aromatic heterocycles. The van der Waals surface area contributed by atoms with Gasteiger partial charge >= 0.3 is 0 Å². The number of hydrogen-bond donors (Lipinski definition) is 2. The van der Waals surface area contributed by atoms with E-state index in [4.69, 9.17) is 4.98 Å². The Hall–Kier alpha value is -2.38. The van der Waals surface area contributed by atoms with Crippen molar-refractivity contribution in [2.24, 2.45) is 11.8 Å². The number of thiazole rings is 1. The molecule has 1 aliphatic carbocycles. The van der Waals surface area contributed by atoms with E-state index in [1.54, 1.807) is 17.5 Å². The zero-order chi connectivity index (χ0) is 18.8. The lowest BCUT2D eigenvalue weighted by molar-refractivity contribution is -0.121. The van der Waals surface area contributed by atoms with Crippen LogP contribution in [0, 0.1) is 18.8 Å². The van der Waals surface area contributed by atoms with Gasteiger partial charge in [0.15, 0.2) is 0 Å². The zero-order valence-electron chi connectivity index (χ0n) is 15.2. The summed E-state index contributed by atoms with van der Waals surface area (Å²) in [4.78, 5) is 26.9. The minimum absolute atomic E-state index is 0.00692. The van der Waals surface area contributed by atoms with E-state index in [0.717, 1.165) is 52.2 Å². The van der Waals surface area contributed by atoms with Crippen LogP contribution in [0.15, 0.2) is 30.6 Å². The van der Waals surface area contributed by atoms with Crippen LogP contribution in [0.2, 0.25) is 0 Å². The molecule has 0 radical (unpaired) electrons. The molecule has 4 rings (SSSR count). The topological polar surface area (TPSA) is 88.0 Å². The number of rotatable bonds is 4. The summed E-state index contributed by atoms with van der Waals surface area (Å²) in [6.45, 7) is 2.19. The van der Waals surface area contributed by atoms with Crippen molar-refractivity contribution in [2.75, 3.05) is 11.9 Å². The first-order valence-corrected chi connectivity index (χ1v) is 10.1. The highest BCUT2D eigenvalue weighted by atomic mass is 32.1. The predicted molar refractivity (Wildman–Crippen MR) is 107 cm³/mol. The first-order valence-electron chi connectivity index (χ1n) is 9.23. The Bertz CT molecular complexity index is 964. The van der Waals surface area contributed by atoms with Gasteiger partial charge in [-0.3, -0.25) is 4.79 Å². The van der Waals surface area contributed by atoms with Crippen molar-refractivity contribution in [2.45, 2.75) is 32.6 Å². The molecule has 0 aromatic carbocycles. The molecule has 1 saturated carbocycles. The number of amides is 1. The van der Waals surface area contributed by atoms with Gasteiger partial charge in [-0.2, -0.15) is 0 Å². The van der Waals surface area contributed by atoms with E-state index >= 15 is 0 Å².